The molecule has 3 heterocycles. The van der Waals surface area contributed by atoms with Crippen LogP contribution in [-0.2, 0) is 17.8 Å². The zero-order valence-corrected chi connectivity index (χ0v) is 10.4. The average molecular weight is 248 g/mol. The second-order valence-corrected chi connectivity index (χ2v) is 4.59. The summed E-state index contributed by atoms with van der Waals surface area (Å²) in [4.78, 5) is 22.9. The van der Waals surface area contributed by atoms with E-state index in [1.807, 2.05) is 0 Å². The largest absolute Gasteiger partial charge is 0.464 e. The van der Waals surface area contributed by atoms with Crippen molar-refractivity contribution in [1.82, 2.24) is 15.3 Å². The van der Waals surface area contributed by atoms with Crippen molar-refractivity contribution >= 4 is 11.9 Å². The molecule has 1 N–H and O–H groups in total. The van der Waals surface area contributed by atoms with Gasteiger partial charge < -0.3 is 15.0 Å². The van der Waals surface area contributed by atoms with Crippen LogP contribution in [0.25, 0.3) is 0 Å². The van der Waals surface area contributed by atoms with Gasteiger partial charge in [-0.2, -0.15) is 0 Å². The molecule has 0 aromatic carbocycles. The summed E-state index contributed by atoms with van der Waals surface area (Å²) in [7, 11) is 1.38. The first kappa shape index (κ1) is 11.4. The quantitative estimate of drug-likeness (QED) is 0.767. The molecule has 2 aliphatic heterocycles. The topological polar surface area (TPSA) is 67.3 Å². The molecule has 6 nitrogen and oxygen atoms in total. The number of fused-ring (bicyclic) bond motifs is 1. The number of nitrogens with one attached hydrogen (secondary N) is 1. The molecule has 1 saturated heterocycles. The van der Waals surface area contributed by atoms with Gasteiger partial charge in [0.1, 0.15) is 0 Å². The van der Waals surface area contributed by atoms with E-state index in [0.717, 1.165) is 37.2 Å². The van der Waals surface area contributed by atoms with Crippen molar-refractivity contribution in [3.05, 3.63) is 17.0 Å². The lowest BCUT2D eigenvalue weighted by Gasteiger charge is -2.17. The van der Waals surface area contributed by atoms with Gasteiger partial charge in [-0.25, -0.2) is 14.8 Å². The molecule has 0 bridgehead atoms. The van der Waals surface area contributed by atoms with Crippen LogP contribution >= 0.6 is 0 Å². The highest BCUT2D eigenvalue weighted by Crippen LogP contribution is 2.23. The molecule has 6 heteroatoms. The predicted octanol–water partition coefficient (Wildman–Crippen LogP) is 0.467. The minimum Gasteiger partial charge on any atom is -0.464 e. The van der Waals surface area contributed by atoms with Gasteiger partial charge in [0.2, 0.25) is 5.95 Å². The molecular formula is C12H16N4O2. The van der Waals surface area contributed by atoms with Crippen molar-refractivity contribution in [2.24, 2.45) is 0 Å². The Morgan fingerprint density at radius 1 is 1.28 bits per heavy atom. The maximum atomic E-state index is 11.8. The van der Waals surface area contributed by atoms with E-state index in [0.29, 0.717) is 24.7 Å². The number of carbonyl (C=O) groups is 1. The van der Waals surface area contributed by atoms with Crippen LogP contribution in [0.2, 0.25) is 0 Å². The molecule has 0 aliphatic carbocycles. The van der Waals surface area contributed by atoms with Crippen molar-refractivity contribution in [1.29, 1.82) is 0 Å². The minimum atomic E-state index is -0.377. The molecule has 1 aromatic rings. The number of esters is 1. The molecule has 0 unspecified atom stereocenters. The number of methoxy groups -OCH3 is 1. The Balaban J connectivity index is 2.03. The summed E-state index contributed by atoms with van der Waals surface area (Å²) in [6, 6.07) is 0. The molecule has 0 atom stereocenters. The summed E-state index contributed by atoms with van der Waals surface area (Å²) in [5.74, 6) is 0.285. The summed E-state index contributed by atoms with van der Waals surface area (Å²) >= 11 is 0. The fourth-order valence-corrected chi connectivity index (χ4v) is 2.48. The molecule has 0 amide bonds. The van der Waals surface area contributed by atoms with E-state index >= 15 is 0 Å². The highest BCUT2D eigenvalue weighted by atomic mass is 16.5. The second-order valence-electron chi connectivity index (χ2n) is 4.59. The minimum absolute atomic E-state index is 0.377. The molecule has 1 aromatic heterocycles. The van der Waals surface area contributed by atoms with Gasteiger partial charge in [-0.1, -0.05) is 0 Å². The van der Waals surface area contributed by atoms with Crippen LogP contribution in [0.5, 0.6) is 0 Å². The fourth-order valence-electron chi connectivity index (χ4n) is 2.48. The molecule has 2 aliphatic rings. The van der Waals surface area contributed by atoms with Crippen LogP contribution in [0.1, 0.15) is 34.6 Å². The van der Waals surface area contributed by atoms with Gasteiger partial charge in [0.15, 0.2) is 5.69 Å². The first-order valence-electron chi connectivity index (χ1n) is 6.23. The van der Waals surface area contributed by atoms with Crippen molar-refractivity contribution in [3.63, 3.8) is 0 Å². The zero-order valence-electron chi connectivity index (χ0n) is 10.4. The summed E-state index contributed by atoms with van der Waals surface area (Å²) in [6.45, 7) is 3.27. The summed E-state index contributed by atoms with van der Waals surface area (Å²) in [6.07, 6.45) is 2.32. The van der Waals surface area contributed by atoms with Gasteiger partial charge >= 0.3 is 5.97 Å². The molecule has 0 radical (unpaired) electrons. The molecule has 0 saturated carbocycles. The van der Waals surface area contributed by atoms with Crippen molar-refractivity contribution < 1.29 is 9.53 Å². The van der Waals surface area contributed by atoms with Gasteiger partial charge in [0, 0.05) is 31.7 Å². The molecule has 0 spiro atoms. The number of rotatable bonds is 2. The molecule has 18 heavy (non-hydrogen) atoms. The molecule has 3 rings (SSSR count). The number of aromatic nitrogens is 2. The van der Waals surface area contributed by atoms with Gasteiger partial charge in [-0.05, 0) is 12.8 Å². The Bertz CT molecular complexity index is 483. The van der Waals surface area contributed by atoms with E-state index < -0.39 is 0 Å². The van der Waals surface area contributed by atoms with Gasteiger partial charge in [-0.15, -0.1) is 0 Å². The smallest absolute Gasteiger partial charge is 0.357 e. The number of nitrogens with zero attached hydrogens (tertiary/aromatic N) is 3. The van der Waals surface area contributed by atoms with Gasteiger partial charge in [0.05, 0.1) is 12.8 Å². The van der Waals surface area contributed by atoms with E-state index in [9.17, 15) is 4.79 Å². The van der Waals surface area contributed by atoms with Crippen molar-refractivity contribution in [2.75, 3.05) is 25.1 Å². The lowest BCUT2D eigenvalue weighted by atomic mass is 10.2. The summed E-state index contributed by atoms with van der Waals surface area (Å²) in [5, 5.41) is 3.20. The summed E-state index contributed by atoms with van der Waals surface area (Å²) < 4.78 is 4.80. The second kappa shape index (κ2) is 4.53. The maximum absolute atomic E-state index is 11.8. The van der Waals surface area contributed by atoms with Gasteiger partial charge in [-0.3, -0.25) is 0 Å². The highest BCUT2D eigenvalue weighted by Gasteiger charge is 2.26. The Morgan fingerprint density at radius 2 is 2.06 bits per heavy atom. The SMILES string of the molecule is COC(=O)c1nc(N2CCCC2)nc2c1CNC2. The zero-order chi connectivity index (χ0) is 12.5. The summed E-state index contributed by atoms with van der Waals surface area (Å²) in [5.41, 5.74) is 2.21. The van der Waals surface area contributed by atoms with E-state index in [-0.39, 0.29) is 5.97 Å². The maximum Gasteiger partial charge on any atom is 0.357 e. The van der Waals surface area contributed by atoms with E-state index in [4.69, 9.17) is 4.74 Å². The van der Waals surface area contributed by atoms with E-state index in [1.54, 1.807) is 0 Å². The standard InChI is InChI=1S/C12H16N4O2/c1-18-11(17)10-8-6-13-7-9(8)14-12(15-10)16-4-2-3-5-16/h13H,2-7H2,1H3. The van der Waals surface area contributed by atoms with Crippen molar-refractivity contribution in [2.45, 2.75) is 25.9 Å². The Morgan fingerprint density at radius 3 is 2.78 bits per heavy atom. The normalized spacial score (nSPS) is 17.9. The molecular weight excluding hydrogens is 232 g/mol. The van der Waals surface area contributed by atoms with Crippen molar-refractivity contribution in [3.8, 4) is 0 Å². The third-order valence-electron chi connectivity index (χ3n) is 3.44. The number of hydrogen-bond acceptors (Lipinski definition) is 6. The van der Waals surface area contributed by atoms with Crippen LogP contribution in [0, 0.1) is 0 Å². The van der Waals surface area contributed by atoms with Crippen LogP contribution in [0.4, 0.5) is 5.95 Å². The molecule has 96 valence electrons. The number of anilines is 1. The number of carbonyl (C=O) groups excluding carboxylic acids is 1. The van der Waals surface area contributed by atoms with Crippen LogP contribution in [-0.4, -0.2) is 36.1 Å². The average Bonchev–Trinajstić information content (AvgIpc) is 3.06. The van der Waals surface area contributed by atoms with E-state index in [1.165, 1.54) is 7.11 Å². The lowest BCUT2D eigenvalue weighted by molar-refractivity contribution is 0.0592. The Labute approximate surface area is 105 Å². The van der Waals surface area contributed by atoms with Gasteiger partial charge in [0.25, 0.3) is 0 Å². The first-order chi connectivity index (χ1) is 8.79. The fraction of sp³-hybridized carbons (Fsp3) is 0.583. The Hall–Kier alpha value is -1.69. The molecule has 1 fully saturated rings. The highest BCUT2D eigenvalue weighted by molar-refractivity contribution is 5.89. The third kappa shape index (κ3) is 1.82. The third-order valence-corrected chi connectivity index (χ3v) is 3.44. The van der Waals surface area contributed by atoms with Crippen LogP contribution < -0.4 is 10.2 Å². The predicted molar refractivity (Wildman–Crippen MR) is 65.4 cm³/mol. The monoisotopic (exact) mass is 248 g/mol. The van der Waals surface area contributed by atoms with E-state index in [2.05, 4.69) is 20.2 Å². The number of ether oxygens (including phenoxy) is 1. The Kier molecular flexibility index (Phi) is 2.87. The first-order valence-corrected chi connectivity index (χ1v) is 6.23. The van der Waals surface area contributed by atoms with Crippen LogP contribution in [0.15, 0.2) is 0 Å². The number of hydrogen-bond donors (Lipinski definition) is 1. The van der Waals surface area contributed by atoms with Crippen LogP contribution in [0.3, 0.4) is 0 Å². The lowest BCUT2D eigenvalue weighted by Crippen LogP contribution is -2.23.